The zero-order valence-electron chi connectivity index (χ0n) is 11.6. The van der Waals surface area contributed by atoms with Crippen LogP contribution in [0.2, 0.25) is 0 Å². The summed E-state index contributed by atoms with van der Waals surface area (Å²) in [5.74, 6) is 0. The molecule has 0 bridgehead atoms. The normalized spacial score (nSPS) is 11.8. The average Bonchev–Trinajstić information content (AvgIpc) is 2.84. The summed E-state index contributed by atoms with van der Waals surface area (Å²) in [5, 5.41) is 18.7. The molecular weight excluding hydrogens is 228 g/mol. The molecule has 0 aliphatic heterocycles. The number of rotatable bonds is 3. The summed E-state index contributed by atoms with van der Waals surface area (Å²) in [6.07, 6.45) is 1.97. The fraction of sp³-hybridized carbons (Fsp3) is 0.583. The molecule has 0 fully saturated rings. The third kappa shape index (κ3) is 2.52. The molecule has 0 amide bonds. The maximum absolute atomic E-state index is 4.16. The quantitative estimate of drug-likeness (QED) is 0.871. The van der Waals surface area contributed by atoms with Gasteiger partial charge in [-0.05, 0) is 34.6 Å². The Balaban J connectivity index is 2.05. The summed E-state index contributed by atoms with van der Waals surface area (Å²) in [5.41, 5.74) is 3.93. The molecule has 2 aromatic rings. The molecule has 0 unspecified atom stereocenters. The van der Waals surface area contributed by atoms with Crippen LogP contribution in [0.4, 0.5) is 5.69 Å². The number of nitrogens with zero attached hydrogens (tertiary/aromatic N) is 4. The van der Waals surface area contributed by atoms with E-state index in [2.05, 4.69) is 46.6 Å². The van der Waals surface area contributed by atoms with Gasteiger partial charge in [0.1, 0.15) is 5.69 Å². The van der Waals surface area contributed by atoms with Crippen LogP contribution in [0.5, 0.6) is 0 Å². The molecule has 0 spiro atoms. The Morgan fingerprint density at radius 2 is 2.06 bits per heavy atom. The van der Waals surface area contributed by atoms with Crippen LogP contribution in [0.3, 0.4) is 0 Å². The van der Waals surface area contributed by atoms with Gasteiger partial charge in [0, 0.05) is 0 Å². The number of aryl methyl sites for hydroxylation is 2. The van der Waals surface area contributed by atoms with E-state index in [1.54, 1.807) is 0 Å². The van der Waals surface area contributed by atoms with Crippen molar-refractivity contribution in [3.63, 3.8) is 0 Å². The monoisotopic (exact) mass is 248 g/mol. The smallest absolute Gasteiger partial charge is 0.102 e. The molecule has 18 heavy (non-hydrogen) atoms. The molecular formula is C12H20N6. The van der Waals surface area contributed by atoms with E-state index in [0.717, 1.165) is 22.8 Å². The van der Waals surface area contributed by atoms with Gasteiger partial charge in [-0.3, -0.25) is 5.10 Å². The van der Waals surface area contributed by atoms with Gasteiger partial charge in [-0.1, -0.05) is 5.21 Å². The highest BCUT2D eigenvalue weighted by Crippen LogP contribution is 2.17. The van der Waals surface area contributed by atoms with Crippen LogP contribution in [0, 0.1) is 13.8 Å². The number of hydrogen-bond donors (Lipinski definition) is 2. The van der Waals surface area contributed by atoms with Crippen molar-refractivity contribution in [1.82, 2.24) is 25.2 Å². The molecule has 2 heterocycles. The van der Waals surface area contributed by atoms with Gasteiger partial charge in [-0.25, -0.2) is 4.68 Å². The standard InChI is InChI=1S/C12H20N6/c1-8-11(9(2)15-14-8)13-6-10-7-18(17-16-10)12(3,4)5/h7,13H,6H2,1-5H3,(H,14,15). The molecule has 0 aliphatic carbocycles. The average molecular weight is 248 g/mol. The molecule has 0 saturated carbocycles. The lowest BCUT2D eigenvalue weighted by atomic mass is 10.1. The minimum Gasteiger partial charge on any atom is -0.376 e. The lowest BCUT2D eigenvalue weighted by Gasteiger charge is -2.17. The van der Waals surface area contributed by atoms with Gasteiger partial charge in [0.2, 0.25) is 0 Å². The van der Waals surface area contributed by atoms with Gasteiger partial charge < -0.3 is 5.32 Å². The summed E-state index contributed by atoms with van der Waals surface area (Å²) in [7, 11) is 0. The zero-order valence-corrected chi connectivity index (χ0v) is 11.6. The van der Waals surface area contributed by atoms with E-state index >= 15 is 0 Å². The molecule has 0 aromatic carbocycles. The number of nitrogens with one attached hydrogen (secondary N) is 2. The Morgan fingerprint density at radius 1 is 1.33 bits per heavy atom. The molecule has 0 saturated heterocycles. The Labute approximate surface area is 107 Å². The number of aromatic nitrogens is 5. The maximum Gasteiger partial charge on any atom is 0.102 e. The summed E-state index contributed by atoms with van der Waals surface area (Å²) in [6, 6.07) is 0. The number of hydrogen-bond acceptors (Lipinski definition) is 4. The third-order valence-electron chi connectivity index (χ3n) is 2.80. The first-order valence-electron chi connectivity index (χ1n) is 6.05. The van der Waals surface area contributed by atoms with Crippen LogP contribution in [-0.4, -0.2) is 25.2 Å². The molecule has 2 aromatic heterocycles. The highest BCUT2D eigenvalue weighted by molar-refractivity contribution is 5.51. The molecule has 6 heteroatoms. The molecule has 98 valence electrons. The molecule has 2 rings (SSSR count). The number of aromatic amines is 1. The summed E-state index contributed by atoms with van der Waals surface area (Å²) >= 11 is 0. The third-order valence-corrected chi connectivity index (χ3v) is 2.80. The minimum atomic E-state index is -0.0350. The van der Waals surface area contributed by atoms with E-state index in [4.69, 9.17) is 0 Å². The van der Waals surface area contributed by atoms with Gasteiger partial charge >= 0.3 is 0 Å². The van der Waals surface area contributed by atoms with E-state index in [1.165, 1.54) is 0 Å². The first-order chi connectivity index (χ1) is 8.38. The predicted molar refractivity (Wildman–Crippen MR) is 70.4 cm³/mol. The van der Waals surface area contributed by atoms with Crippen molar-refractivity contribution in [2.75, 3.05) is 5.32 Å². The second-order valence-electron chi connectivity index (χ2n) is 5.49. The first-order valence-corrected chi connectivity index (χ1v) is 6.05. The maximum atomic E-state index is 4.16. The Bertz CT molecular complexity index is 512. The van der Waals surface area contributed by atoms with Gasteiger partial charge in [0.05, 0.1) is 35.4 Å². The zero-order chi connectivity index (χ0) is 13.3. The lowest BCUT2D eigenvalue weighted by Crippen LogP contribution is -2.22. The van der Waals surface area contributed by atoms with Gasteiger partial charge in [-0.15, -0.1) is 5.10 Å². The Kier molecular flexibility index (Phi) is 3.11. The number of H-pyrrole nitrogens is 1. The van der Waals surface area contributed by atoms with Gasteiger partial charge in [-0.2, -0.15) is 5.10 Å². The van der Waals surface area contributed by atoms with E-state index in [1.807, 2.05) is 24.7 Å². The largest absolute Gasteiger partial charge is 0.376 e. The highest BCUT2D eigenvalue weighted by atomic mass is 15.4. The van der Waals surface area contributed by atoms with Crippen LogP contribution in [0.25, 0.3) is 0 Å². The molecule has 2 N–H and O–H groups in total. The summed E-state index contributed by atoms with van der Waals surface area (Å²) in [4.78, 5) is 0. The van der Waals surface area contributed by atoms with Crippen molar-refractivity contribution >= 4 is 5.69 Å². The van der Waals surface area contributed by atoms with E-state index < -0.39 is 0 Å². The van der Waals surface area contributed by atoms with E-state index in [-0.39, 0.29) is 5.54 Å². The molecule has 6 nitrogen and oxygen atoms in total. The summed E-state index contributed by atoms with van der Waals surface area (Å²) in [6.45, 7) is 10.9. The van der Waals surface area contributed by atoms with E-state index in [9.17, 15) is 0 Å². The van der Waals surface area contributed by atoms with Crippen molar-refractivity contribution < 1.29 is 0 Å². The molecule has 0 atom stereocenters. The summed E-state index contributed by atoms with van der Waals surface area (Å²) < 4.78 is 1.87. The van der Waals surface area contributed by atoms with Crippen molar-refractivity contribution in [3.8, 4) is 0 Å². The lowest BCUT2D eigenvalue weighted by molar-refractivity contribution is 0.347. The van der Waals surface area contributed by atoms with Gasteiger partial charge in [0.15, 0.2) is 0 Å². The van der Waals surface area contributed by atoms with Gasteiger partial charge in [0.25, 0.3) is 0 Å². The second-order valence-corrected chi connectivity index (χ2v) is 5.49. The number of anilines is 1. The van der Waals surface area contributed by atoms with Crippen molar-refractivity contribution in [1.29, 1.82) is 0 Å². The fourth-order valence-corrected chi connectivity index (χ4v) is 1.70. The second kappa shape index (κ2) is 4.44. The van der Waals surface area contributed by atoms with Crippen LogP contribution in [0.1, 0.15) is 37.9 Å². The van der Waals surface area contributed by atoms with Crippen LogP contribution in [0.15, 0.2) is 6.20 Å². The van der Waals surface area contributed by atoms with Crippen LogP contribution < -0.4 is 5.32 Å². The highest BCUT2D eigenvalue weighted by Gasteiger charge is 2.15. The fourth-order valence-electron chi connectivity index (χ4n) is 1.70. The van der Waals surface area contributed by atoms with E-state index in [0.29, 0.717) is 6.54 Å². The molecule has 0 aliphatic rings. The SMILES string of the molecule is Cc1n[nH]c(C)c1NCc1cn(C(C)(C)C)nn1. The van der Waals surface area contributed by atoms with Crippen molar-refractivity contribution in [2.24, 2.45) is 0 Å². The molecule has 0 radical (unpaired) electrons. The van der Waals surface area contributed by atoms with Crippen molar-refractivity contribution in [3.05, 3.63) is 23.3 Å². The Hall–Kier alpha value is -1.85. The van der Waals surface area contributed by atoms with Crippen molar-refractivity contribution in [2.45, 2.75) is 46.7 Å². The topological polar surface area (TPSA) is 71.4 Å². The minimum absolute atomic E-state index is 0.0350. The van der Waals surface area contributed by atoms with Crippen LogP contribution >= 0.6 is 0 Å². The van der Waals surface area contributed by atoms with Crippen LogP contribution in [-0.2, 0) is 12.1 Å². The predicted octanol–water partition coefficient (Wildman–Crippen LogP) is 1.99. The first kappa shape index (κ1) is 12.6. The Morgan fingerprint density at radius 3 is 2.56 bits per heavy atom.